The molecule has 4 nitrogen and oxygen atoms in total. The maximum Gasteiger partial charge on any atom is 0.214 e. The average molecular weight is 246 g/mol. The van der Waals surface area contributed by atoms with Crippen molar-refractivity contribution in [2.45, 2.75) is 51.1 Å². The highest BCUT2D eigenvalue weighted by Crippen LogP contribution is 2.28. The highest BCUT2D eigenvalue weighted by atomic mass is 32.2. The summed E-state index contributed by atoms with van der Waals surface area (Å²) in [5.41, 5.74) is 0. The van der Waals surface area contributed by atoms with E-state index < -0.39 is 10.0 Å². The Morgan fingerprint density at radius 1 is 1.19 bits per heavy atom. The molecular formula is C11H22N2O2S. The molecule has 1 heterocycles. The third-order valence-electron chi connectivity index (χ3n) is 3.64. The number of rotatable bonds is 1. The van der Waals surface area contributed by atoms with E-state index in [0.717, 1.165) is 32.4 Å². The summed E-state index contributed by atoms with van der Waals surface area (Å²) in [4.78, 5) is 0. The van der Waals surface area contributed by atoms with Crippen molar-refractivity contribution in [3.05, 3.63) is 0 Å². The summed E-state index contributed by atoms with van der Waals surface area (Å²) in [7, 11) is -3.02. The van der Waals surface area contributed by atoms with Crippen molar-refractivity contribution >= 4 is 10.0 Å². The van der Waals surface area contributed by atoms with Gasteiger partial charge in [0.25, 0.3) is 0 Å². The lowest BCUT2D eigenvalue weighted by Gasteiger charge is -2.35. The molecular weight excluding hydrogens is 224 g/mol. The summed E-state index contributed by atoms with van der Waals surface area (Å²) in [6.07, 6.45) is 5.18. The van der Waals surface area contributed by atoms with Crippen molar-refractivity contribution in [2.24, 2.45) is 0 Å². The zero-order valence-corrected chi connectivity index (χ0v) is 10.8. The predicted molar refractivity (Wildman–Crippen MR) is 64.8 cm³/mol. The molecule has 0 amide bonds. The molecule has 0 spiro atoms. The van der Waals surface area contributed by atoms with Gasteiger partial charge in [0.15, 0.2) is 0 Å². The van der Waals surface area contributed by atoms with Crippen LogP contribution in [0.3, 0.4) is 0 Å². The fraction of sp³-hybridized carbons (Fsp3) is 1.00. The predicted octanol–water partition coefficient (Wildman–Crippen LogP) is 0.943. The van der Waals surface area contributed by atoms with Crippen molar-refractivity contribution in [1.29, 1.82) is 0 Å². The molecule has 0 bridgehead atoms. The van der Waals surface area contributed by atoms with Gasteiger partial charge in [0.2, 0.25) is 10.0 Å². The molecule has 1 N–H and O–H groups in total. The van der Waals surface area contributed by atoms with Crippen LogP contribution in [-0.4, -0.2) is 43.6 Å². The summed E-state index contributed by atoms with van der Waals surface area (Å²) >= 11 is 0. The van der Waals surface area contributed by atoms with E-state index in [9.17, 15) is 8.42 Å². The Morgan fingerprint density at radius 3 is 2.56 bits per heavy atom. The van der Waals surface area contributed by atoms with Crippen molar-refractivity contribution in [3.63, 3.8) is 0 Å². The lowest BCUT2D eigenvalue weighted by atomic mass is 10.2. The van der Waals surface area contributed by atoms with Gasteiger partial charge in [0, 0.05) is 18.6 Å². The number of hydrogen-bond donors (Lipinski definition) is 1. The third kappa shape index (κ3) is 2.57. The van der Waals surface area contributed by atoms with Crippen LogP contribution in [0.4, 0.5) is 0 Å². The normalized spacial score (nSPS) is 33.4. The van der Waals surface area contributed by atoms with Crippen LogP contribution >= 0.6 is 0 Å². The lowest BCUT2D eigenvalue weighted by molar-refractivity contribution is 0.251. The first-order valence-corrected chi connectivity index (χ1v) is 7.94. The molecule has 16 heavy (non-hydrogen) atoms. The maximum atomic E-state index is 12.3. The molecule has 1 saturated heterocycles. The molecule has 5 heteroatoms. The van der Waals surface area contributed by atoms with E-state index in [2.05, 4.69) is 5.32 Å². The summed E-state index contributed by atoms with van der Waals surface area (Å²) in [6.45, 7) is 3.63. The topological polar surface area (TPSA) is 49.4 Å². The number of hydrogen-bond acceptors (Lipinski definition) is 3. The van der Waals surface area contributed by atoms with E-state index in [1.54, 1.807) is 4.31 Å². The molecule has 2 rings (SSSR count). The van der Waals surface area contributed by atoms with Crippen molar-refractivity contribution < 1.29 is 8.42 Å². The Bertz CT molecular complexity index is 323. The average Bonchev–Trinajstić information content (AvgIpc) is 2.68. The fourth-order valence-corrected chi connectivity index (χ4v) is 4.91. The first kappa shape index (κ1) is 12.3. The van der Waals surface area contributed by atoms with Crippen molar-refractivity contribution in [2.75, 3.05) is 18.8 Å². The van der Waals surface area contributed by atoms with Gasteiger partial charge in [-0.05, 0) is 32.7 Å². The molecule has 0 aromatic carbocycles. The molecule has 94 valence electrons. The summed E-state index contributed by atoms with van der Waals surface area (Å²) in [6, 6.07) is 0.369. The van der Waals surface area contributed by atoms with Gasteiger partial charge >= 0.3 is 0 Å². The molecule has 1 saturated carbocycles. The second kappa shape index (κ2) is 5.02. The number of sulfonamides is 1. The van der Waals surface area contributed by atoms with E-state index in [0.29, 0.717) is 5.75 Å². The molecule has 0 radical (unpaired) electrons. The first-order valence-electron chi connectivity index (χ1n) is 6.33. The van der Waals surface area contributed by atoms with E-state index in [1.165, 1.54) is 12.8 Å². The van der Waals surface area contributed by atoms with Gasteiger partial charge in [-0.1, -0.05) is 12.8 Å². The van der Waals surface area contributed by atoms with Crippen LogP contribution in [0.2, 0.25) is 0 Å². The SMILES string of the molecule is CC1CNCCCS(=O)(=O)N1C1CCCC1. The third-order valence-corrected chi connectivity index (χ3v) is 5.74. The second-order valence-corrected chi connectivity index (χ2v) is 6.98. The Morgan fingerprint density at radius 2 is 1.88 bits per heavy atom. The van der Waals surface area contributed by atoms with Gasteiger partial charge in [-0.15, -0.1) is 0 Å². The van der Waals surface area contributed by atoms with Crippen molar-refractivity contribution in [1.82, 2.24) is 9.62 Å². The van der Waals surface area contributed by atoms with Gasteiger partial charge in [-0.2, -0.15) is 4.31 Å². The number of nitrogens with one attached hydrogen (secondary N) is 1. The molecule has 1 aliphatic carbocycles. The van der Waals surface area contributed by atoms with Gasteiger partial charge in [-0.25, -0.2) is 8.42 Å². The quantitative estimate of drug-likeness (QED) is 0.749. The lowest BCUT2D eigenvalue weighted by Crippen LogP contribution is -2.51. The van der Waals surface area contributed by atoms with Gasteiger partial charge < -0.3 is 5.32 Å². The maximum absolute atomic E-state index is 12.3. The van der Waals surface area contributed by atoms with Gasteiger partial charge in [-0.3, -0.25) is 0 Å². The molecule has 1 aliphatic heterocycles. The Hall–Kier alpha value is -0.130. The minimum Gasteiger partial charge on any atom is -0.315 e. The molecule has 0 aromatic rings. The van der Waals surface area contributed by atoms with E-state index in [1.807, 2.05) is 6.92 Å². The second-order valence-electron chi connectivity index (χ2n) is 4.99. The largest absolute Gasteiger partial charge is 0.315 e. The Balaban J connectivity index is 2.19. The van der Waals surface area contributed by atoms with Crippen LogP contribution in [0.15, 0.2) is 0 Å². The highest BCUT2D eigenvalue weighted by molar-refractivity contribution is 7.89. The van der Waals surface area contributed by atoms with E-state index >= 15 is 0 Å². The Labute approximate surface area is 98.4 Å². The zero-order chi connectivity index (χ0) is 11.6. The standard InChI is InChI=1S/C11H22N2O2S/c1-10-9-12-7-4-8-16(14,15)13(10)11-5-2-3-6-11/h10-12H,2-9H2,1H3. The zero-order valence-electron chi connectivity index (χ0n) is 9.98. The van der Waals surface area contributed by atoms with Crippen molar-refractivity contribution in [3.8, 4) is 0 Å². The first-order chi connectivity index (χ1) is 7.61. The molecule has 2 aliphatic rings. The summed E-state index contributed by atoms with van der Waals surface area (Å²) in [5, 5.41) is 3.32. The Kier molecular flexibility index (Phi) is 3.87. The molecule has 0 aromatic heterocycles. The number of nitrogens with zero attached hydrogens (tertiary/aromatic N) is 1. The van der Waals surface area contributed by atoms with Gasteiger partial charge in [0.05, 0.1) is 5.75 Å². The van der Waals surface area contributed by atoms with Crippen LogP contribution in [-0.2, 0) is 10.0 Å². The monoisotopic (exact) mass is 246 g/mol. The van der Waals surface area contributed by atoms with Crippen LogP contribution in [0.25, 0.3) is 0 Å². The van der Waals surface area contributed by atoms with Crippen LogP contribution in [0.1, 0.15) is 39.0 Å². The van der Waals surface area contributed by atoms with Crippen LogP contribution in [0.5, 0.6) is 0 Å². The molecule has 2 fully saturated rings. The van der Waals surface area contributed by atoms with Crippen LogP contribution in [0, 0.1) is 0 Å². The van der Waals surface area contributed by atoms with E-state index in [-0.39, 0.29) is 12.1 Å². The minimum absolute atomic E-state index is 0.105. The highest BCUT2D eigenvalue weighted by Gasteiger charge is 2.35. The van der Waals surface area contributed by atoms with Crippen LogP contribution < -0.4 is 5.32 Å². The van der Waals surface area contributed by atoms with Gasteiger partial charge in [0.1, 0.15) is 0 Å². The minimum atomic E-state index is -3.02. The fourth-order valence-electron chi connectivity index (χ4n) is 2.91. The molecule has 1 atom stereocenters. The smallest absolute Gasteiger partial charge is 0.214 e. The summed E-state index contributed by atoms with van der Waals surface area (Å²) < 4.78 is 26.3. The summed E-state index contributed by atoms with van der Waals surface area (Å²) in [5.74, 6) is 0.306. The molecule has 1 unspecified atom stereocenters. The van der Waals surface area contributed by atoms with E-state index in [4.69, 9.17) is 0 Å².